The second-order valence-electron chi connectivity index (χ2n) is 7.30. The van der Waals surface area contributed by atoms with E-state index in [1.807, 2.05) is 0 Å². The standard InChI is InChI=1S/C21H26F2N4O3S/c22-19(23)30-17-10-5-4-9-15(17)16-13-31-21(26-16)27-18(28)11-6-12-24-20(29)25-14-7-2-1-3-8-14/h4-5,9-10,13-14,19H,1-3,6-8,11-12H2,(H2,24,25,29)(H,26,27,28). The number of anilines is 1. The number of rotatable bonds is 9. The Morgan fingerprint density at radius 3 is 2.74 bits per heavy atom. The number of hydrogen-bond acceptors (Lipinski definition) is 5. The molecule has 1 aliphatic rings. The number of amides is 3. The molecule has 3 rings (SSSR count). The molecule has 31 heavy (non-hydrogen) atoms. The second-order valence-corrected chi connectivity index (χ2v) is 8.16. The number of ether oxygens (including phenoxy) is 1. The third kappa shape index (κ3) is 7.46. The Labute approximate surface area is 183 Å². The first kappa shape index (κ1) is 22.9. The maximum absolute atomic E-state index is 12.6. The molecule has 0 unspecified atom stereocenters. The first-order chi connectivity index (χ1) is 15.0. The third-order valence-electron chi connectivity index (χ3n) is 4.94. The molecule has 0 radical (unpaired) electrons. The number of nitrogens with zero attached hydrogens (tertiary/aromatic N) is 1. The summed E-state index contributed by atoms with van der Waals surface area (Å²) in [5.41, 5.74) is 0.866. The molecule has 1 aliphatic carbocycles. The number of alkyl halides is 2. The van der Waals surface area contributed by atoms with Gasteiger partial charge >= 0.3 is 12.6 Å². The molecule has 3 N–H and O–H groups in total. The molecule has 1 aromatic heterocycles. The van der Waals surface area contributed by atoms with Crippen LogP contribution in [0.2, 0.25) is 0 Å². The van der Waals surface area contributed by atoms with Gasteiger partial charge < -0.3 is 20.7 Å². The lowest BCUT2D eigenvalue weighted by atomic mass is 9.96. The second kappa shape index (κ2) is 11.6. The number of urea groups is 1. The number of carbonyl (C=O) groups is 2. The van der Waals surface area contributed by atoms with Crippen molar-refractivity contribution in [1.29, 1.82) is 0 Å². The van der Waals surface area contributed by atoms with Gasteiger partial charge in [-0.25, -0.2) is 9.78 Å². The maximum atomic E-state index is 12.6. The van der Waals surface area contributed by atoms with Crippen molar-refractivity contribution in [3.63, 3.8) is 0 Å². The number of hydrogen-bond donors (Lipinski definition) is 3. The molecule has 2 aromatic rings. The van der Waals surface area contributed by atoms with Crippen LogP contribution in [-0.2, 0) is 4.79 Å². The Kier molecular flexibility index (Phi) is 8.57. The average molecular weight is 453 g/mol. The number of benzene rings is 1. The van der Waals surface area contributed by atoms with Crippen molar-refractivity contribution in [2.45, 2.75) is 57.6 Å². The molecule has 0 saturated heterocycles. The van der Waals surface area contributed by atoms with E-state index in [1.54, 1.807) is 23.6 Å². The SMILES string of the molecule is O=C(CCCNC(=O)NC1CCCCC1)Nc1nc(-c2ccccc2OC(F)F)cs1. The van der Waals surface area contributed by atoms with Crippen molar-refractivity contribution in [3.05, 3.63) is 29.6 Å². The summed E-state index contributed by atoms with van der Waals surface area (Å²) in [7, 11) is 0. The summed E-state index contributed by atoms with van der Waals surface area (Å²) in [6.45, 7) is -2.54. The lowest BCUT2D eigenvalue weighted by Gasteiger charge is -2.22. The first-order valence-electron chi connectivity index (χ1n) is 10.3. The Hall–Kier alpha value is -2.75. The van der Waals surface area contributed by atoms with Crippen LogP contribution in [0.15, 0.2) is 29.6 Å². The van der Waals surface area contributed by atoms with Crippen molar-refractivity contribution >= 4 is 28.4 Å². The highest BCUT2D eigenvalue weighted by molar-refractivity contribution is 7.14. The topological polar surface area (TPSA) is 92.4 Å². The van der Waals surface area contributed by atoms with Crippen LogP contribution >= 0.6 is 11.3 Å². The number of thiazole rings is 1. The van der Waals surface area contributed by atoms with Crippen molar-refractivity contribution in [3.8, 4) is 17.0 Å². The fourth-order valence-corrected chi connectivity index (χ4v) is 4.17. The minimum atomic E-state index is -2.93. The van der Waals surface area contributed by atoms with Gasteiger partial charge in [-0.15, -0.1) is 11.3 Å². The molecule has 7 nitrogen and oxygen atoms in total. The van der Waals surface area contributed by atoms with Gasteiger partial charge in [-0.05, 0) is 31.4 Å². The molecule has 0 aliphatic heterocycles. The monoisotopic (exact) mass is 452 g/mol. The van der Waals surface area contributed by atoms with Gasteiger partial charge in [0, 0.05) is 30.0 Å². The van der Waals surface area contributed by atoms with Gasteiger partial charge in [0.2, 0.25) is 5.91 Å². The van der Waals surface area contributed by atoms with Crippen molar-refractivity contribution in [2.24, 2.45) is 0 Å². The normalized spacial score (nSPS) is 14.3. The summed E-state index contributed by atoms with van der Waals surface area (Å²) < 4.78 is 29.7. The van der Waals surface area contributed by atoms with Crippen LogP contribution in [0.1, 0.15) is 44.9 Å². The van der Waals surface area contributed by atoms with E-state index in [4.69, 9.17) is 0 Å². The fraction of sp³-hybridized carbons (Fsp3) is 0.476. The molecule has 0 atom stereocenters. The zero-order valence-electron chi connectivity index (χ0n) is 17.0. The van der Waals surface area contributed by atoms with Gasteiger partial charge in [0.15, 0.2) is 5.13 Å². The molecule has 0 bridgehead atoms. The number of nitrogens with one attached hydrogen (secondary N) is 3. The predicted octanol–water partition coefficient (Wildman–Crippen LogP) is 4.76. The van der Waals surface area contributed by atoms with E-state index in [-0.39, 0.29) is 30.2 Å². The Balaban J connectivity index is 1.40. The molecule has 0 spiro atoms. The van der Waals surface area contributed by atoms with Gasteiger partial charge in [0.1, 0.15) is 5.75 Å². The Bertz CT molecular complexity index is 872. The van der Waals surface area contributed by atoms with E-state index < -0.39 is 6.61 Å². The molecule has 1 heterocycles. The first-order valence-corrected chi connectivity index (χ1v) is 11.2. The number of para-hydroxylation sites is 1. The summed E-state index contributed by atoms with van der Waals surface area (Å²) >= 11 is 1.20. The molecular formula is C21H26F2N4O3S. The van der Waals surface area contributed by atoms with Gasteiger partial charge in [0.25, 0.3) is 0 Å². The van der Waals surface area contributed by atoms with E-state index >= 15 is 0 Å². The van der Waals surface area contributed by atoms with E-state index in [9.17, 15) is 18.4 Å². The van der Waals surface area contributed by atoms with E-state index in [0.717, 1.165) is 25.7 Å². The molecule has 1 saturated carbocycles. The van der Waals surface area contributed by atoms with Crippen molar-refractivity contribution in [1.82, 2.24) is 15.6 Å². The summed E-state index contributed by atoms with van der Waals surface area (Å²) in [5.74, 6) is -0.203. The van der Waals surface area contributed by atoms with E-state index in [1.165, 1.54) is 23.8 Å². The van der Waals surface area contributed by atoms with E-state index in [0.29, 0.717) is 29.4 Å². The highest BCUT2D eigenvalue weighted by atomic mass is 32.1. The Morgan fingerprint density at radius 1 is 1.19 bits per heavy atom. The number of halogens is 2. The quantitative estimate of drug-likeness (QED) is 0.478. The van der Waals surface area contributed by atoms with Gasteiger partial charge in [0.05, 0.1) is 5.69 Å². The molecule has 1 fully saturated rings. The van der Waals surface area contributed by atoms with Gasteiger partial charge in [-0.1, -0.05) is 31.4 Å². The van der Waals surface area contributed by atoms with Crippen LogP contribution in [0.25, 0.3) is 11.3 Å². The van der Waals surface area contributed by atoms with Crippen molar-refractivity contribution < 1.29 is 23.1 Å². The highest BCUT2D eigenvalue weighted by Gasteiger charge is 2.16. The predicted molar refractivity (Wildman–Crippen MR) is 115 cm³/mol. The summed E-state index contributed by atoms with van der Waals surface area (Å²) in [6, 6.07) is 6.41. The van der Waals surface area contributed by atoms with Gasteiger partial charge in [-0.3, -0.25) is 4.79 Å². The van der Waals surface area contributed by atoms with Crippen LogP contribution in [0.4, 0.5) is 18.7 Å². The summed E-state index contributed by atoms with van der Waals surface area (Å²) in [5, 5.41) is 10.5. The average Bonchev–Trinajstić information content (AvgIpc) is 3.20. The maximum Gasteiger partial charge on any atom is 0.387 e. The summed E-state index contributed by atoms with van der Waals surface area (Å²) in [4.78, 5) is 28.3. The number of aromatic nitrogens is 1. The largest absolute Gasteiger partial charge is 0.434 e. The molecular weight excluding hydrogens is 426 g/mol. The zero-order valence-corrected chi connectivity index (χ0v) is 17.9. The van der Waals surface area contributed by atoms with Crippen molar-refractivity contribution in [2.75, 3.05) is 11.9 Å². The Morgan fingerprint density at radius 2 is 1.97 bits per heavy atom. The van der Waals surface area contributed by atoms with Crippen LogP contribution in [0.5, 0.6) is 5.75 Å². The minimum Gasteiger partial charge on any atom is -0.434 e. The number of carbonyl (C=O) groups excluding carboxylic acids is 2. The van der Waals surface area contributed by atoms with Crippen LogP contribution < -0.4 is 20.7 Å². The molecule has 3 amide bonds. The zero-order chi connectivity index (χ0) is 22.1. The minimum absolute atomic E-state index is 0.0262. The lowest BCUT2D eigenvalue weighted by molar-refractivity contribution is -0.116. The highest BCUT2D eigenvalue weighted by Crippen LogP contribution is 2.33. The molecule has 10 heteroatoms. The van der Waals surface area contributed by atoms with Crippen LogP contribution in [0, 0.1) is 0 Å². The fourth-order valence-electron chi connectivity index (χ4n) is 3.45. The molecule has 168 valence electrons. The summed E-state index contributed by atoms with van der Waals surface area (Å²) in [6.07, 6.45) is 6.28. The smallest absolute Gasteiger partial charge is 0.387 e. The van der Waals surface area contributed by atoms with E-state index in [2.05, 4.69) is 25.7 Å². The lowest BCUT2D eigenvalue weighted by Crippen LogP contribution is -2.43. The van der Waals surface area contributed by atoms with Crippen LogP contribution in [-0.4, -0.2) is 36.1 Å². The molecule has 1 aromatic carbocycles. The third-order valence-corrected chi connectivity index (χ3v) is 5.69. The van der Waals surface area contributed by atoms with Gasteiger partial charge in [-0.2, -0.15) is 8.78 Å². The van der Waals surface area contributed by atoms with Crippen LogP contribution in [0.3, 0.4) is 0 Å².